The number of fused-ring (bicyclic) bond motifs is 1. The summed E-state index contributed by atoms with van der Waals surface area (Å²) in [4.78, 5) is 0. The molecule has 1 aliphatic rings. The predicted molar refractivity (Wildman–Crippen MR) is 82.3 cm³/mol. The fourth-order valence-electron chi connectivity index (χ4n) is 2.52. The molecule has 1 aliphatic heterocycles. The van der Waals surface area contributed by atoms with Crippen molar-refractivity contribution in [3.8, 4) is 5.75 Å². The number of hydrogen-bond acceptors (Lipinski definition) is 3. The molecule has 0 spiro atoms. The Hall–Kier alpha value is -1.07. The molecule has 1 aromatic carbocycles. The van der Waals surface area contributed by atoms with E-state index in [1.807, 2.05) is 19.9 Å². The Morgan fingerprint density at radius 3 is 2.80 bits per heavy atom. The molecule has 5 heteroatoms. The molecular formula is C15H19BrN2O2. The molecule has 2 aromatic rings. The van der Waals surface area contributed by atoms with Crippen molar-refractivity contribution in [3.63, 3.8) is 0 Å². The van der Waals surface area contributed by atoms with Crippen molar-refractivity contribution in [3.05, 3.63) is 22.8 Å². The van der Waals surface area contributed by atoms with Crippen LogP contribution < -0.4 is 4.74 Å². The van der Waals surface area contributed by atoms with Crippen LogP contribution in [0.4, 0.5) is 0 Å². The normalized spacial score (nSPS) is 17.0. The second kappa shape index (κ2) is 5.74. The maximum Gasteiger partial charge on any atom is 0.136 e. The molecule has 3 rings (SSSR count). The fourth-order valence-corrected chi connectivity index (χ4v) is 2.98. The average Bonchev–Trinajstić information content (AvgIpc) is 2.82. The van der Waals surface area contributed by atoms with Gasteiger partial charge in [-0.25, -0.2) is 0 Å². The fraction of sp³-hybridized carbons (Fsp3) is 0.533. The van der Waals surface area contributed by atoms with Gasteiger partial charge in [0.2, 0.25) is 0 Å². The summed E-state index contributed by atoms with van der Waals surface area (Å²) in [6.07, 6.45) is 4.34. The molecule has 0 unspecified atom stereocenters. The summed E-state index contributed by atoms with van der Waals surface area (Å²) < 4.78 is 14.3. The van der Waals surface area contributed by atoms with Gasteiger partial charge < -0.3 is 9.47 Å². The third-order valence-corrected chi connectivity index (χ3v) is 4.12. The number of ether oxygens (including phenoxy) is 2. The van der Waals surface area contributed by atoms with Crippen molar-refractivity contribution in [1.82, 2.24) is 9.78 Å². The van der Waals surface area contributed by atoms with E-state index in [4.69, 9.17) is 14.6 Å². The summed E-state index contributed by atoms with van der Waals surface area (Å²) >= 11 is 3.57. The minimum absolute atomic E-state index is 0.154. The second-order valence-electron chi connectivity index (χ2n) is 5.46. The lowest BCUT2D eigenvalue weighted by Gasteiger charge is -2.22. The molecule has 108 valence electrons. The van der Waals surface area contributed by atoms with Gasteiger partial charge in [-0.05, 0) is 48.7 Å². The van der Waals surface area contributed by atoms with Crippen molar-refractivity contribution in [1.29, 1.82) is 0 Å². The van der Waals surface area contributed by atoms with E-state index in [1.54, 1.807) is 0 Å². The van der Waals surface area contributed by atoms with Crippen molar-refractivity contribution < 1.29 is 9.47 Å². The lowest BCUT2D eigenvalue weighted by atomic mass is 10.1. The Labute approximate surface area is 127 Å². The van der Waals surface area contributed by atoms with Crippen molar-refractivity contribution in [2.75, 3.05) is 13.2 Å². The second-order valence-corrected chi connectivity index (χ2v) is 6.32. The number of nitrogens with zero attached hydrogens (tertiary/aromatic N) is 2. The first-order valence-corrected chi connectivity index (χ1v) is 7.85. The van der Waals surface area contributed by atoms with Gasteiger partial charge in [0, 0.05) is 30.9 Å². The van der Waals surface area contributed by atoms with Crippen LogP contribution in [0.2, 0.25) is 0 Å². The summed E-state index contributed by atoms with van der Waals surface area (Å²) in [5.74, 6) is 0.852. The molecule has 2 heterocycles. The number of hydrogen-bond donors (Lipinski definition) is 0. The Balaban J connectivity index is 1.93. The van der Waals surface area contributed by atoms with E-state index in [9.17, 15) is 0 Å². The van der Waals surface area contributed by atoms with Crippen molar-refractivity contribution in [2.24, 2.45) is 0 Å². The molecule has 0 amide bonds. The zero-order valence-electron chi connectivity index (χ0n) is 11.8. The molecule has 0 radical (unpaired) electrons. The van der Waals surface area contributed by atoms with Crippen LogP contribution in [0.3, 0.4) is 0 Å². The maximum absolute atomic E-state index is 5.79. The lowest BCUT2D eigenvalue weighted by Crippen LogP contribution is -2.19. The van der Waals surface area contributed by atoms with Crippen LogP contribution in [0.15, 0.2) is 22.8 Å². The van der Waals surface area contributed by atoms with Gasteiger partial charge in [0.05, 0.1) is 22.1 Å². The quantitative estimate of drug-likeness (QED) is 0.850. The molecule has 1 saturated heterocycles. The molecule has 0 bridgehead atoms. The molecule has 0 saturated carbocycles. The molecule has 1 fully saturated rings. The van der Waals surface area contributed by atoms with Gasteiger partial charge in [-0.3, -0.25) is 4.68 Å². The highest BCUT2D eigenvalue weighted by Crippen LogP contribution is 2.32. The van der Waals surface area contributed by atoms with Crippen LogP contribution in [0.5, 0.6) is 5.75 Å². The lowest BCUT2D eigenvalue weighted by molar-refractivity contribution is 0.0664. The van der Waals surface area contributed by atoms with Gasteiger partial charge in [-0.1, -0.05) is 0 Å². The molecule has 4 nitrogen and oxygen atoms in total. The van der Waals surface area contributed by atoms with Crippen LogP contribution >= 0.6 is 15.9 Å². The first-order chi connectivity index (χ1) is 9.63. The van der Waals surface area contributed by atoms with E-state index in [1.165, 1.54) is 0 Å². The van der Waals surface area contributed by atoms with Gasteiger partial charge in [-0.2, -0.15) is 5.10 Å². The van der Waals surface area contributed by atoms with Crippen LogP contribution in [-0.4, -0.2) is 29.1 Å². The van der Waals surface area contributed by atoms with E-state index < -0.39 is 0 Å². The van der Waals surface area contributed by atoms with Crippen molar-refractivity contribution in [2.45, 2.75) is 38.8 Å². The molecule has 20 heavy (non-hydrogen) atoms. The Morgan fingerprint density at radius 1 is 1.35 bits per heavy atom. The zero-order valence-corrected chi connectivity index (χ0v) is 13.4. The van der Waals surface area contributed by atoms with E-state index in [0.717, 1.165) is 47.2 Å². The third-order valence-electron chi connectivity index (χ3n) is 3.50. The minimum atomic E-state index is 0.154. The Morgan fingerprint density at radius 2 is 2.10 bits per heavy atom. The highest BCUT2D eigenvalue weighted by atomic mass is 79.9. The summed E-state index contributed by atoms with van der Waals surface area (Å²) in [6.45, 7) is 5.70. The SMILES string of the molecule is CC(C)Oc1cc2nn(C3CCOCC3)cc2cc1Br. The number of rotatable bonds is 3. The van der Waals surface area contributed by atoms with Gasteiger partial charge in [0.15, 0.2) is 0 Å². The Kier molecular flexibility index (Phi) is 3.98. The molecule has 0 aliphatic carbocycles. The standard InChI is InChI=1S/C15H19BrN2O2/c1-10(2)20-15-8-14-11(7-13(15)16)9-18(17-14)12-3-5-19-6-4-12/h7-10,12H,3-6H2,1-2H3. The summed E-state index contributed by atoms with van der Waals surface area (Å²) in [7, 11) is 0. The van der Waals surface area contributed by atoms with Gasteiger partial charge in [0.1, 0.15) is 5.75 Å². The van der Waals surface area contributed by atoms with E-state index in [0.29, 0.717) is 6.04 Å². The predicted octanol–water partition coefficient (Wildman–Crippen LogP) is 3.94. The van der Waals surface area contributed by atoms with Gasteiger partial charge >= 0.3 is 0 Å². The van der Waals surface area contributed by atoms with Gasteiger partial charge in [0.25, 0.3) is 0 Å². The average molecular weight is 339 g/mol. The first kappa shape index (κ1) is 13.9. The van der Waals surface area contributed by atoms with Crippen LogP contribution in [0.1, 0.15) is 32.7 Å². The smallest absolute Gasteiger partial charge is 0.136 e. The largest absolute Gasteiger partial charge is 0.490 e. The highest BCUT2D eigenvalue weighted by molar-refractivity contribution is 9.10. The summed E-state index contributed by atoms with van der Waals surface area (Å²) in [5, 5.41) is 5.84. The zero-order chi connectivity index (χ0) is 14.1. The molecular weight excluding hydrogens is 320 g/mol. The van der Waals surface area contributed by atoms with Gasteiger partial charge in [-0.15, -0.1) is 0 Å². The van der Waals surface area contributed by atoms with Crippen molar-refractivity contribution >= 4 is 26.8 Å². The van der Waals surface area contributed by atoms with E-state index in [-0.39, 0.29) is 6.10 Å². The topological polar surface area (TPSA) is 36.3 Å². The number of halogens is 1. The molecule has 1 aromatic heterocycles. The van der Waals surface area contributed by atoms with E-state index >= 15 is 0 Å². The summed E-state index contributed by atoms with van der Waals surface area (Å²) in [5.41, 5.74) is 0.982. The van der Waals surface area contributed by atoms with Crippen LogP contribution in [0.25, 0.3) is 10.9 Å². The number of aromatic nitrogens is 2. The first-order valence-electron chi connectivity index (χ1n) is 7.06. The summed E-state index contributed by atoms with van der Waals surface area (Å²) in [6, 6.07) is 4.54. The molecule has 0 atom stereocenters. The number of benzene rings is 1. The monoisotopic (exact) mass is 338 g/mol. The highest BCUT2D eigenvalue weighted by Gasteiger charge is 2.17. The van der Waals surface area contributed by atoms with E-state index in [2.05, 4.69) is 32.9 Å². The third kappa shape index (κ3) is 2.83. The maximum atomic E-state index is 5.79. The Bertz CT molecular complexity index is 603. The minimum Gasteiger partial charge on any atom is -0.490 e. The molecule has 0 N–H and O–H groups in total. The van der Waals surface area contributed by atoms with Crippen LogP contribution in [0, 0.1) is 0 Å². The van der Waals surface area contributed by atoms with Crippen LogP contribution in [-0.2, 0) is 4.74 Å².